The summed E-state index contributed by atoms with van der Waals surface area (Å²) in [4.78, 5) is 8.59. The van der Waals surface area contributed by atoms with Gasteiger partial charge in [0.05, 0.1) is 13.3 Å². The van der Waals surface area contributed by atoms with Gasteiger partial charge in [0, 0.05) is 11.9 Å². The van der Waals surface area contributed by atoms with Crippen molar-refractivity contribution in [3.63, 3.8) is 0 Å². The molecule has 0 aliphatic carbocycles. The fraction of sp³-hybridized carbons (Fsp3) is 0.250. The first-order valence-electron chi connectivity index (χ1n) is 9.19. The van der Waals surface area contributed by atoms with E-state index < -0.39 is 0 Å². The zero-order valence-electron chi connectivity index (χ0n) is 16.7. The van der Waals surface area contributed by atoms with Gasteiger partial charge in [-0.15, -0.1) is 5.10 Å². The number of imidazole rings is 1. The second-order valence-electron chi connectivity index (χ2n) is 5.06. The molecule has 0 amide bonds. The van der Waals surface area contributed by atoms with E-state index in [-0.39, 0.29) is 5.28 Å². The van der Waals surface area contributed by atoms with Crippen molar-refractivity contribution in [3.8, 4) is 11.4 Å². The molecule has 4 aromatic rings. The Morgan fingerprint density at radius 2 is 1.75 bits per heavy atom. The zero-order chi connectivity index (χ0) is 20.5. The largest absolute Gasteiger partial charge is 0.497 e. The molecule has 1 aromatic carbocycles. The summed E-state index contributed by atoms with van der Waals surface area (Å²) in [5.41, 5.74) is 1.79. The van der Waals surface area contributed by atoms with Gasteiger partial charge < -0.3 is 14.6 Å². The van der Waals surface area contributed by atoms with Crippen LogP contribution in [0.25, 0.3) is 11.2 Å². The van der Waals surface area contributed by atoms with Crippen LogP contribution in [0.3, 0.4) is 0 Å². The van der Waals surface area contributed by atoms with Gasteiger partial charge in [-0.1, -0.05) is 27.7 Å². The van der Waals surface area contributed by atoms with E-state index in [1.54, 1.807) is 18.0 Å². The summed E-state index contributed by atoms with van der Waals surface area (Å²) in [7, 11) is 1.64. The average molecular weight is 401 g/mol. The predicted molar refractivity (Wildman–Crippen MR) is 114 cm³/mol. The van der Waals surface area contributed by atoms with E-state index >= 15 is 0 Å². The van der Waals surface area contributed by atoms with Crippen molar-refractivity contribution in [2.45, 2.75) is 27.7 Å². The molecule has 3 heterocycles. The molecule has 0 saturated carbocycles. The number of benzene rings is 1. The van der Waals surface area contributed by atoms with Gasteiger partial charge in [-0.05, 0) is 48.0 Å². The number of anilines is 2. The monoisotopic (exact) mass is 400 g/mol. The van der Waals surface area contributed by atoms with E-state index in [0.29, 0.717) is 11.6 Å². The lowest BCUT2D eigenvalue weighted by Gasteiger charge is -2.05. The Labute approximate surface area is 170 Å². The van der Waals surface area contributed by atoms with Gasteiger partial charge >= 0.3 is 0 Å². The third kappa shape index (κ3) is 4.80. The van der Waals surface area contributed by atoms with Crippen LogP contribution in [0.2, 0.25) is 5.28 Å². The minimum Gasteiger partial charge on any atom is -0.497 e. The molecule has 28 heavy (non-hydrogen) atoms. The fourth-order valence-corrected chi connectivity index (χ4v) is 2.57. The van der Waals surface area contributed by atoms with Crippen molar-refractivity contribution in [2.24, 2.45) is 0 Å². The van der Waals surface area contributed by atoms with E-state index in [2.05, 4.69) is 20.4 Å². The number of methoxy groups -OCH3 is 1. The normalized spacial score (nSPS) is 9.79. The van der Waals surface area contributed by atoms with Gasteiger partial charge in [0.2, 0.25) is 5.28 Å². The molecule has 0 unspecified atom stereocenters. The number of fused-ring (bicyclic) bond motifs is 1. The summed E-state index contributed by atoms with van der Waals surface area (Å²) < 4.78 is 8.73. The van der Waals surface area contributed by atoms with Crippen molar-refractivity contribution in [3.05, 3.63) is 60.4 Å². The van der Waals surface area contributed by atoms with Crippen LogP contribution in [0.4, 0.5) is 11.6 Å². The van der Waals surface area contributed by atoms with Crippen LogP contribution >= 0.6 is 11.6 Å². The number of halogens is 1. The highest BCUT2D eigenvalue weighted by Crippen LogP contribution is 2.21. The lowest BCUT2D eigenvalue weighted by molar-refractivity contribution is 0.415. The summed E-state index contributed by atoms with van der Waals surface area (Å²) in [6.45, 7) is 8.00. The Morgan fingerprint density at radius 1 is 1.04 bits per heavy atom. The molecule has 148 valence electrons. The first-order valence-corrected chi connectivity index (χ1v) is 9.57. The number of nitrogens with one attached hydrogen (secondary N) is 1. The Morgan fingerprint density at radius 3 is 2.43 bits per heavy atom. The van der Waals surface area contributed by atoms with E-state index in [0.717, 1.165) is 17.0 Å². The van der Waals surface area contributed by atoms with Crippen molar-refractivity contribution >= 4 is 28.8 Å². The van der Waals surface area contributed by atoms with E-state index in [9.17, 15) is 0 Å². The van der Waals surface area contributed by atoms with Crippen LogP contribution in [-0.2, 0) is 0 Å². The van der Waals surface area contributed by atoms with E-state index in [4.69, 9.17) is 16.3 Å². The Bertz CT molecular complexity index is 994. The molecule has 0 aliphatic rings. The number of hydrogen-bond acceptors (Lipinski definition) is 5. The molecular formula is C20H25ClN6O. The van der Waals surface area contributed by atoms with Crippen molar-refractivity contribution in [1.82, 2.24) is 24.1 Å². The van der Waals surface area contributed by atoms with Crippen LogP contribution < -0.4 is 10.1 Å². The number of hydrogen-bond donors (Lipinski definition) is 1. The highest BCUT2D eigenvalue weighted by molar-refractivity contribution is 6.28. The third-order valence-corrected chi connectivity index (χ3v) is 3.72. The SMILES string of the molecule is CC.CC.COc1ccc(-n2cnc(Nc3nc(Cl)nn4cccc34)c2)cc1. The minimum atomic E-state index is 0.163. The lowest BCUT2D eigenvalue weighted by atomic mass is 10.3. The van der Waals surface area contributed by atoms with Crippen molar-refractivity contribution in [1.29, 1.82) is 0 Å². The van der Waals surface area contributed by atoms with Crippen LogP contribution in [0.15, 0.2) is 55.1 Å². The van der Waals surface area contributed by atoms with Crippen LogP contribution in [-0.4, -0.2) is 31.3 Å². The summed E-state index contributed by atoms with van der Waals surface area (Å²) in [5.74, 6) is 2.06. The maximum atomic E-state index is 5.96. The van der Waals surface area contributed by atoms with Gasteiger partial charge in [0.1, 0.15) is 23.4 Å². The molecule has 8 heteroatoms. The summed E-state index contributed by atoms with van der Waals surface area (Å²) in [6, 6.07) is 11.5. The topological polar surface area (TPSA) is 69.3 Å². The Kier molecular flexibility index (Phi) is 7.83. The maximum Gasteiger partial charge on any atom is 0.243 e. The molecule has 0 bridgehead atoms. The quantitative estimate of drug-likeness (QED) is 0.498. The van der Waals surface area contributed by atoms with Gasteiger partial charge in [-0.3, -0.25) is 0 Å². The van der Waals surface area contributed by atoms with Crippen LogP contribution in [0.5, 0.6) is 5.75 Å². The molecule has 7 nitrogen and oxygen atoms in total. The summed E-state index contributed by atoms with van der Waals surface area (Å²) in [6.07, 6.45) is 5.41. The molecule has 0 aliphatic heterocycles. The average Bonchev–Trinajstić information content (AvgIpc) is 3.41. The second kappa shape index (κ2) is 10.3. The highest BCUT2D eigenvalue weighted by Gasteiger charge is 2.08. The first-order chi connectivity index (χ1) is 13.7. The molecular weight excluding hydrogens is 376 g/mol. The van der Waals surface area contributed by atoms with Crippen molar-refractivity contribution in [2.75, 3.05) is 12.4 Å². The zero-order valence-corrected chi connectivity index (χ0v) is 17.5. The standard InChI is InChI=1S/C16H13ClN6O.2C2H6/c1-24-12-6-4-11(5-7-12)22-9-14(18-10-22)19-15-13-3-2-8-23(13)21-16(17)20-15;2*1-2/h2-10H,1H3,(H,19,20,21);2*1-2H3. The number of ether oxygens (including phenoxy) is 1. The molecule has 3 aromatic heterocycles. The molecule has 0 atom stereocenters. The van der Waals surface area contributed by atoms with Gasteiger partial charge in [0.15, 0.2) is 5.82 Å². The lowest BCUT2D eigenvalue weighted by Crippen LogP contribution is -2.01. The fourth-order valence-electron chi connectivity index (χ4n) is 2.40. The molecule has 4 rings (SSSR count). The van der Waals surface area contributed by atoms with Gasteiger partial charge in [0.25, 0.3) is 0 Å². The van der Waals surface area contributed by atoms with Crippen LogP contribution in [0, 0.1) is 0 Å². The predicted octanol–water partition coefficient (Wildman–Crippen LogP) is 5.37. The smallest absolute Gasteiger partial charge is 0.243 e. The molecule has 0 fully saturated rings. The molecule has 0 spiro atoms. The highest BCUT2D eigenvalue weighted by atomic mass is 35.5. The van der Waals surface area contributed by atoms with E-state index in [1.165, 1.54) is 0 Å². The third-order valence-electron chi connectivity index (χ3n) is 3.56. The molecule has 0 saturated heterocycles. The minimum absolute atomic E-state index is 0.163. The Hall–Kier alpha value is -3.06. The summed E-state index contributed by atoms with van der Waals surface area (Å²) >= 11 is 5.96. The van der Waals surface area contributed by atoms with Crippen LogP contribution in [0.1, 0.15) is 27.7 Å². The second-order valence-corrected chi connectivity index (χ2v) is 5.39. The van der Waals surface area contributed by atoms with Gasteiger partial charge in [-0.2, -0.15) is 4.98 Å². The Balaban J connectivity index is 0.000000660. The summed E-state index contributed by atoms with van der Waals surface area (Å²) in [5, 5.41) is 7.44. The van der Waals surface area contributed by atoms with E-state index in [1.807, 2.05) is 81.1 Å². The molecule has 1 N–H and O–H groups in total. The first kappa shape index (κ1) is 21.2. The number of nitrogens with zero attached hydrogens (tertiary/aromatic N) is 5. The number of rotatable bonds is 4. The molecule has 0 radical (unpaired) electrons. The van der Waals surface area contributed by atoms with Gasteiger partial charge in [-0.25, -0.2) is 9.50 Å². The maximum absolute atomic E-state index is 5.96. The van der Waals surface area contributed by atoms with Crippen molar-refractivity contribution < 1.29 is 4.74 Å². The number of aromatic nitrogens is 5.